The number of hydrogen-bond acceptors (Lipinski definition) is 4. The van der Waals surface area contributed by atoms with Gasteiger partial charge in [0.05, 0.1) is 7.11 Å². The summed E-state index contributed by atoms with van der Waals surface area (Å²) in [7, 11) is 1.58. The van der Waals surface area contributed by atoms with E-state index in [2.05, 4.69) is 10.6 Å². The van der Waals surface area contributed by atoms with Crippen LogP contribution in [0.5, 0.6) is 11.5 Å². The highest BCUT2D eigenvalue weighted by atomic mass is 35.5. The summed E-state index contributed by atoms with van der Waals surface area (Å²) in [6.45, 7) is 6.50. The monoisotopic (exact) mass is 438 g/mol. The van der Waals surface area contributed by atoms with Crippen molar-refractivity contribution in [2.45, 2.75) is 27.3 Å². The number of carbonyl (C=O) groups excluding carboxylic acids is 1. The fourth-order valence-electron chi connectivity index (χ4n) is 3.21. The Labute approximate surface area is 188 Å². The van der Waals surface area contributed by atoms with Crippen LogP contribution in [-0.4, -0.2) is 19.6 Å². The van der Waals surface area contributed by atoms with E-state index in [1.165, 1.54) is 0 Å². The van der Waals surface area contributed by atoms with Gasteiger partial charge in [0.15, 0.2) is 18.1 Å². The molecular formula is C25H27ClN2O3. The van der Waals surface area contributed by atoms with Crippen molar-refractivity contribution in [2.24, 2.45) is 0 Å². The van der Waals surface area contributed by atoms with Gasteiger partial charge in [-0.2, -0.15) is 0 Å². The standard InChI is InChI=1S/C25H27ClN2O3/c1-16-5-9-21(18(3)11-16)28-25(29)15-31-23-10-7-19(12-24(23)30-4)14-27-22-13-20(26)8-6-17(22)2/h5-13,27H,14-15H2,1-4H3,(H,28,29). The summed E-state index contributed by atoms with van der Waals surface area (Å²) in [5.74, 6) is 0.860. The van der Waals surface area contributed by atoms with E-state index in [1.807, 2.05) is 75.4 Å². The van der Waals surface area contributed by atoms with Gasteiger partial charge in [-0.3, -0.25) is 4.79 Å². The van der Waals surface area contributed by atoms with E-state index in [4.69, 9.17) is 21.1 Å². The number of amides is 1. The van der Waals surface area contributed by atoms with Crippen molar-refractivity contribution in [1.29, 1.82) is 0 Å². The van der Waals surface area contributed by atoms with E-state index in [0.717, 1.165) is 33.6 Å². The molecule has 1 amide bonds. The van der Waals surface area contributed by atoms with Crippen molar-refractivity contribution in [2.75, 3.05) is 24.4 Å². The number of carbonyl (C=O) groups is 1. The number of nitrogens with one attached hydrogen (secondary N) is 2. The van der Waals surface area contributed by atoms with Crippen LogP contribution in [0.3, 0.4) is 0 Å². The third kappa shape index (κ3) is 6.15. The Kier molecular flexibility index (Phi) is 7.42. The molecule has 0 aliphatic carbocycles. The first-order valence-corrected chi connectivity index (χ1v) is 10.4. The molecule has 0 aliphatic heterocycles. The van der Waals surface area contributed by atoms with E-state index in [9.17, 15) is 4.79 Å². The summed E-state index contributed by atoms with van der Waals surface area (Å²) in [5, 5.41) is 6.95. The van der Waals surface area contributed by atoms with Crippen molar-refractivity contribution in [3.63, 3.8) is 0 Å². The van der Waals surface area contributed by atoms with Crippen LogP contribution < -0.4 is 20.1 Å². The fraction of sp³-hybridized carbons (Fsp3) is 0.240. The minimum absolute atomic E-state index is 0.108. The molecule has 31 heavy (non-hydrogen) atoms. The topological polar surface area (TPSA) is 59.6 Å². The highest BCUT2D eigenvalue weighted by molar-refractivity contribution is 6.30. The van der Waals surface area contributed by atoms with Crippen molar-refractivity contribution in [3.8, 4) is 11.5 Å². The molecular weight excluding hydrogens is 412 g/mol. The largest absolute Gasteiger partial charge is 0.493 e. The Hall–Kier alpha value is -3.18. The second kappa shape index (κ2) is 10.2. The molecule has 0 fully saturated rings. The second-order valence-electron chi connectivity index (χ2n) is 7.45. The number of halogens is 1. The minimum Gasteiger partial charge on any atom is -0.493 e. The molecule has 0 saturated heterocycles. The van der Waals surface area contributed by atoms with Gasteiger partial charge in [-0.05, 0) is 67.8 Å². The number of anilines is 2. The zero-order valence-corrected chi connectivity index (χ0v) is 19.0. The van der Waals surface area contributed by atoms with Crippen molar-refractivity contribution >= 4 is 28.9 Å². The summed E-state index contributed by atoms with van der Waals surface area (Å²) in [6.07, 6.45) is 0. The van der Waals surface area contributed by atoms with E-state index in [-0.39, 0.29) is 12.5 Å². The lowest BCUT2D eigenvalue weighted by molar-refractivity contribution is -0.118. The molecule has 0 atom stereocenters. The third-order valence-electron chi connectivity index (χ3n) is 4.93. The number of hydrogen-bond donors (Lipinski definition) is 2. The lowest BCUT2D eigenvalue weighted by Gasteiger charge is -2.14. The van der Waals surface area contributed by atoms with Crippen molar-refractivity contribution in [3.05, 3.63) is 81.9 Å². The van der Waals surface area contributed by atoms with Crippen LogP contribution in [0.4, 0.5) is 11.4 Å². The lowest BCUT2D eigenvalue weighted by Crippen LogP contribution is -2.20. The molecule has 0 heterocycles. The van der Waals surface area contributed by atoms with E-state index in [0.29, 0.717) is 23.1 Å². The van der Waals surface area contributed by atoms with Gasteiger partial charge < -0.3 is 20.1 Å². The Morgan fingerprint density at radius 1 is 0.903 bits per heavy atom. The summed E-state index contributed by atoms with van der Waals surface area (Å²) >= 11 is 6.08. The Morgan fingerprint density at radius 2 is 1.71 bits per heavy atom. The van der Waals surface area contributed by atoms with Crippen molar-refractivity contribution < 1.29 is 14.3 Å². The maximum atomic E-state index is 12.3. The molecule has 0 spiro atoms. The molecule has 0 aromatic heterocycles. The predicted octanol–water partition coefficient (Wildman–Crippen LogP) is 5.90. The number of aryl methyl sites for hydroxylation is 3. The molecule has 0 radical (unpaired) electrons. The van der Waals surface area contributed by atoms with Crippen molar-refractivity contribution in [1.82, 2.24) is 0 Å². The SMILES string of the molecule is COc1cc(CNc2cc(Cl)ccc2C)ccc1OCC(=O)Nc1ccc(C)cc1C. The number of methoxy groups -OCH3 is 1. The second-order valence-corrected chi connectivity index (χ2v) is 7.89. The number of rotatable bonds is 8. The summed E-state index contributed by atoms with van der Waals surface area (Å²) < 4.78 is 11.2. The minimum atomic E-state index is -0.226. The lowest BCUT2D eigenvalue weighted by atomic mass is 10.1. The molecule has 6 heteroatoms. The quantitative estimate of drug-likeness (QED) is 0.459. The molecule has 3 aromatic carbocycles. The van der Waals surface area contributed by atoms with Gasteiger partial charge in [0.2, 0.25) is 0 Å². The molecule has 0 unspecified atom stereocenters. The molecule has 0 saturated carbocycles. The molecule has 0 bridgehead atoms. The molecule has 0 aliphatic rings. The molecule has 3 aromatic rings. The van der Waals surface area contributed by atoms with E-state index in [1.54, 1.807) is 7.11 Å². The van der Waals surface area contributed by atoms with Crippen LogP contribution in [0.15, 0.2) is 54.6 Å². The van der Waals surface area contributed by atoms with Crippen LogP contribution in [0.25, 0.3) is 0 Å². The predicted molar refractivity (Wildman–Crippen MR) is 127 cm³/mol. The third-order valence-corrected chi connectivity index (χ3v) is 5.16. The molecule has 2 N–H and O–H groups in total. The Morgan fingerprint density at radius 3 is 2.45 bits per heavy atom. The average molecular weight is 439 g/mol. The van der Waals surface area contributed by atoms with Crippen LogP contribution in [0.2, 0.25) is 5.02 Å². The van der Waals surface area contributed by atoms with Gasteiger partial charge in [-0.25, -0.2) is 0 Å². The van der Waals surface area contributed by atoms with Gasteiger partial charge in [-0.1, -0.05) is 41.4 Å². The fourth-order valence-corrected chi connectivity index (χ4v) is 3.38. The molecule has 3 rings (SSSR count). The summed E-state index contributed by atoms with van der Waals surface area (Å²) in [5.41, 5.74) is 6.06. The summed E-state index contributed by atoms with van der Waals surface area (Å²) in [4.78, 5) is 12.3. The van der Waals surface area contributed by atoms with Crippen LogP contribution >= 0.6 is 11.6 Å². The van der Waals surface area contributed by atoms with Gasteiger partial charge >= 0.3 is 0 Å². The highest BCUT2D eigenvalue weighted by Gasteiger charge is 2.10. The van der Waals surface area contributed by atoms with E-state index >= 15 is 0 Å². The van der Waals surface area contributed by atoms with Gasteiger partial charge in [0.25, 0.3) is 5.91 Å². The first-order valence-electron chi connectivity index (χ1n) is 10.0. The highest BCUT2D eigenvalue weighted by Crippen LogP contribution is 2.29. The zero-order chi connectivity index (χ0) is 22.4. The maximum Gasteiger partial charge on any atom is 0.262 e. The van der Waals surface area contributed by atoms with Gasteiger partial charge in [0, 0.05) is 22.9 Å². The maximum absolute atomic E-state index is 12.3. The molecule has 5 nitrogen and oxygen atoms in total. The Balaban J connectivity index is 1.60. The smallest absolute Gasteiger partial charge is 0.262 e. The van der Waals surface area contributed by atoms with Crippen LogP contribution in [-0.2, 0) is 11.3 Å². The molecule has 162 valence electrons. The Bertz CT molecular complexity index is 1080. The number of benzene rings is 3. The average Bonchev–Trinajstić information content (AvgIpc) is 2.75. The first kappa shape index (κ1) is 22.5. The summed E-state index contributed by atoms with van der Waals surface area (Å²) in [6, 6.07) is 17.3. The van der Waals surface area contributed by atoms with Crippen LogP contribution in [0.1, 0.15) is 22.3 Å². The van der Waals surface area contributed by atoms with E-state index < -0.39 is 0 Å². The van der Waals surface area contributed by atoms with Crippen LogP contribution in [0, 0.1) is 20.8 Å². The number of ether oxygens (including phenoxy) is 2. The first-order chi connectivity index (χ1) is 14.9. The van der Waals surface area contributed by atoms with Gasteiger partial charge in [-0.15, -0.1) is 0 Å². The van der Waals surface area contributed by atoms with Gasteiger partial charge in [0.1, 0.15) is 0 Å². The normalized spacial score (nSPS) is 10.5. The zero-order valence-electron chi connectivity index (χ0n) is 18.2.